The number of H-pyrrole nitrogens is 2. The fraction of sp³-hybridized carbons (Fsp3) is 0.235. The monoisotopic (exact) mass is 341 g/mol. The van der Waals surface area contributed by atoms with Crippen LogP contribution in [-0.2, 0) is 6.54 Å². The molecule has 1 aliphatic rings. The molecule has 3 aromatic rings. The van der Waals surface area contributed by atoms with E-state index < -0.39 is 0 Å². The van der Waals surface area contributed by atoms with Crippen molar-refractivity contribution in [1.82, 2.24) is 14.9 Å². The van der Waals surface area contributed by atoms with Gasteiger partial charge in [-0.05, 0) is 55.4 Å². The lowest BCUT2D eigenvalue weighted by atomic mass is 10.1. The van der Waals surface area contributed by atoms with Crippen molar-refractivity contribution in [2.75, 3.05) is 0 Å². The van der Waals surface area contributed by atoms with Gasteiger partial charge in [0.2, 0.25) is 0 Å². The van der Waals surface area contributed by atoms with Crippen molar-refractivity contribution in [1.29, 1.82) is 0 Å². The van der Waals surface area contributed by atoms with Gasteiger partial charge in [-0.15, -0.1) is 0 Å². The maximum atomic E-state index is 12.9. The minimum Gasteiger partial charge on any atom is -0.467 e. The van der Waals surface area contributed by atoms with E-state index in [4.69, 9.17) is 16.6 Å². The Hall–Kier alpha value is -2.67. The SMILES string of the molecule is O=C(c1ccc2c(=O)[nH]c(=S)[nH]c2c1)N(Cc1ccco1)C1CC1. The van der Waals surface area contributed by atoms with E-state index in [9.17, 15) is 9.59 Å². The number of nitrogens with zero attached hydrogens (tertiary/aromatic N) is 1. The molecule has 0 radical (unpaired) electrons. The van der Waals surface area contributed by atoms with Crippen molar-refractivity contribution in [3.63, 3.8) is 0 Å². The zero-order chi connectivity index (χ0) is 16.7. The molecular weight excluding hydrogens is 326 g/mol. The minimum absolute atomic E-state index is 0.0737. The molecule has 2 N–H and O–H groups in total. The number of carbonyl (C=O) groups excluding carboxylic acids is 1. The Labute approximate surface area is 142 Å². The second-order valence-corrected chi connectivity index (χ2v) is 6.32. The van der Waals surface area contributed by atoms with Gasteiger partial charge in [0.05, 0.1) is 23.7 Å². The average Bonchev–Trinajstić information content (AvgIpc) is 3.27. The fourth-order valence-corrected chi connectivity index (χ4v) is 2.99. The fourth-order valence-electron chi connectivity index (χ4n) is 2.79. The first kappa shape index (κ1) is 14.9. The Bertz CT molecular complexity index is 1020. The maximum Gasteiger partial charge on any atom is 0.259 e. The molecule has 4 rings (SSSR count). The van der Waals surface area contributed by atoms with E-state index in [2.05, 4.69) is 9.97 Å². The number of rotatable bonds is 4. The summed E-state index contributed by atoms with van der Waals surface area (Å²) in [5, 5.41) is 0.476. The molecule has 24 heavy (non-hydrogen) atoms. The minimum atomic E-state index is -0.262. The molecule has 0 bridgehead atoms. The van der Waals surface area contributed by atoms with Crippen LogP contribution < -0.4 is 5.56 Å². The molecule has 1 aromatic carbocycles. The Kier molecular flexibility index (Phi) is 3.57. The maximum absolute atomic E-state index is 12.9. The lowest BCUT2D eigenvalue weighted by molar-refractivity contribution is 0.0717. The summed E-state index contributed by atoms with van der Waals surface area (Å²) in [4.78, 5) is 32.1. The predicted octanol–water partition coefficient (Wildman–Crippen LogP) is 2.98. The summed E-state index contributed by atoms with van der Waals surface area (Å²) in [6.45, 7) is 0.444. The van der Waals surface area contributed by atoms with Crippen molar-refractivity contribution in [2.24, 2.45) is 0 Å². The zero-order valence-corrected chi connectivity index (χ0v) is 13.6. The van der Waals surface area contributed by atoms with Crippen LogP contribution in [0.3, 0.4) is 0 Å². The number of nitrogens with one attached hydrogen (secondary N) is 2. The van der Waals surface area contributed by atoms with Gasteiger partial charge in [-0.1, -0.05) is 0 Å². The third-order valence-electron chi connectivity index (χ3n) is 4.14. The molecule has 0 spiro atoms. The first-order valence-corrected chi connectivity index (χ1v) is 8.12. The molecule has 7 heteroatoms. The lowest BCUT2D eigenvalue weighted by Gasteiger charge is -2.21. The van der Waals surface area contributed by atoms with E-state index in [0.29, 0.717) is 23.0 Å². The summed E-state index contributed by atoms with van der Waals surface area (Å²) >= 11 is 5.00. The summed E-state index contributed by atoms with van der Waals surface area (Å²) < 4.78 is 5.61. The smallest absolute Gasteiger partial charge is 0.259 e. The van der Waals surface area contributed by atoms with Crippen molar-refractivity contribution in [3.8, 4) is 0 Å². The molecule has 1 amide bonds. The van der Waals surface area contributed by atoms with Crippen LogP contribution in [0.5, 0.6) is 0 Å². The molecule has 1 aliphatic carbocycles. The van der Waals surface area contributed by atoms with E-state index in [1.54, 1.807) is 24.5 Å². The summed E-state index contributed by atoms with van der Waals surface area (Å²) in [5.41, 5.74) is 0.822. The van der Waals surface area contributed by atoms with E-state index in [1.807, 2.05) is 17.0 Å². The summed E-state index contributed by atoms with van der Waals surface area (Å²) in [6.07, 6.45) is 3.61. The van der Waals surface area contributed by atoms with Gasteiger partial charge in [0.1, 0.15) is 5.76 Å². The second kappa shape index (κ2) is 5.76. The highest BCUT2D eigenvalue weighted by Gasteiger charge is 2.33. The number of hydrogen-bond donors (Lipinski definition) is 2. The van der Waals surface area contributed by atoms with Crippen LogP contribution in [0.4, 0.5) is 0 Å². The molecule has 0 aliphatic heterocycles. The summed E-state index contributed by atoms with van der Waals surface area (Å²) in [7, 11) is 0. The summed E-state index contributed by atoms with van der Waals surface area (Å²) in [6, 6.07) is 8.92. The molecule has 122 valence electrons. The van der Waals surface area contributed by atoms with Gasteiger partial charge in [-0.2, -0.15) is 0 Å². The van der Waals surface area contributed by atoms with E-state index >= 15 is 0 Å². The second-order valence-electron chi connectivity index (χ2n) is 5.91. The lowest BCUT2D eigenvalue weighted by Crippen LogP contribution is -2.32. The highest BCUT2D eigenvalue weighted by molar-refractivity contribution is 7.71. The first-order valence-electron chi connectivity index (χ1n) is 7.71. The predicted molar refractivity (Wildman–Crippen MR) is 91.4 cm³/mol. The van der Waals surface area contributed by atoms with Gasteiger partial charge >= 0.3 is 0 Å². The van der Waals surface area contributed by atoms with Crippen molar-refractivity contribution >= 4 is 29.0 Å². The number of aromatic nitrogens is 2. The van der Waals surface area contributed by atoms with Gasteiger partial charge in [-0.25, -0.2) is 0 Å². The van der Waals surface area contributed by atoms with Crippen LogP contribution in [-0.4, -0.2) is 26.8 Å². The Morgan fingerprint density at radius 2 is 2.12 bits per heavy atom. The average molecular weight is 341 g/mol. The number of hydrogen-bond acceptors (Lipinski definition) is 4. The van der Waals surface area contributed by atoms with Crippen LogP contribution in [0.25, 0.3) is 10.9 Å². The molecule has 1 fully saturated rings. The van der Waals surface area contributed by atoms with Gasteiger partial charge in [0, 0.05) is 11.6 Å². The normalized spacial score (nSPS) is 14.0. The molecule has 2 heterocycles. The molecule has 1 saturated carbocycles. The quantitative estimate of drug-likeness (QED) is 0.715. The number of furan rings is 1. The van der Waals surface area contributed by atoms with Gasteiger partial charge in [-0.3, -0.25) is 14.6 Å². The van der Waals surface area contributed by atoms with Crippen LogP contribution in [0, 0.1) is 4.77 Å². The van der Waals surface area contributed by atoms with E-state index in [1.165, 1.54) is 0 Å². The molecule has 0 unspecified atom stereocenters. The molecule has 0 saturated heterocycles. The van der Waals surface area contributed by atoms with E-state index in [0.717, 1.165) is 18.6 Å². The Morgan fingerprint density at radius 3 is 2.83 bits per heavy atom. The molecule has 2 aromatic heterocycles. The number of aromatic amines is 2. The molecule has 0 atom stereocenters. The van der Waals surface area contributed by atoms with E-state index in [-0.39, 0.29) is 22.3 Å². The third-order valence-corrected chi connectivity index (χ3v) is 4.35. The van der Waals surface area contributed by atoms with Crippen molar-refractivity contribution in [2.45, 2.75) is 25.4 Å². The first-order chi connectivity index (χ1) is 11.6. The van der Waals surface area contributed by atoms with Gasteiger partial charge in [0.25, 0.3) is 11.5 Å². The highest BCUT2D eigenvalue weighted by Crippen LogP contribution is 2.30. The largest absolute Gasteiger partial charge is 0.467 e. The van der Waals surface area contributed by atoms with Crippen molar-refractivity contribution < 1.29 is 9.21 Å². The number of benzene rings is 1. The van der Waals surface area contributed by atoms with Gasteiger partial charge < -0.3 is 14.3 Å². The Morgan fingerprint density at radius 1 is 1.29 bits per heavy atom. The van der Waals surface area contributed by atoms with Gasteiger partial charge in [0.15, 0.2) is 4.77 Å². The molecular formula is C17H15N3O3S. The summed E-state index contributed by atoms with van der Waals surface area (Å²) in [5.74, 6) is 0.683. The van der Waals surface area contributed by atoms with Crippen LogP contribution in [0.1, 0.15) is 29.0 Å². The number of amides is 1. The highest BCUT2D eigenvalue weighted by atomic mass is 32.1. The standard InChI is InChI=1S/C17H15N3O3S/c21-15-13-6-3-10(8-14(13)18-17(24)19-15)16(22)20(11-4-5-11)9-12-2-1-7-23-12/h1-3,6-8,11H,4-5,9H2,(H2,18,19,21,24). The number of carbonyl (C=O) groups is 1. The van der Waals surface area contributed by atoms with Crippen LogP contribution in [0.2, 0.25) is 0 Å². The molecule has 6 nitrogen and oxygen atoms in total. The van der Waals surface area contributed by atoms with Crippen molar-refractivity contribution in [3.05, 3.63) is 63.0 Å². The number of fused-ring (bicyclic) bond motifs is 1. The van der Waals surface area contributed by atoms with Crippen LogP contribution >= 0.6 is 12.2 Å². The Balaban J connectivity index is 1.70. The zero-order valence-electron chi connectivity index (χ0n) is 12.7. The third kappa shape index (κ3) is 2.78. The topological polar surface area (TPSA) is 82.1 Å². The van der Waals surface area contributed by atoms with Crippen LogP contribution in [0.15, 0.2) is 45.8 Å².